The number of carbonyl (C=O) groups is 2. The fourth-order valence-corrected chi connectivity index (χ4v) is 4.00. The average Bonchev–Trinajstić information content (AvgIpc) is 3.27. The second kappa shape index (κ2) is 12.4. The number of benzene rings is 2. The van der Waals surface area contributed by atoms with Crippen molar-refractivity contribution in [2.75, 3.05) is 25.6 Å². The molecule has 0 unspecified atom stereocenters. The van der Waals surface area contributed by atoms with E-state index in [9.17, 15) is 14.9 Å². The molecule has 10 heteroatoms. The van der Waals surface area contributed by atoms with Crippen LogP contribution in [0.4, 0.5) is 5.13 Å². The van der Waals surface area contributed by atoms with Crippen molar-refractivity contribution in [2.45, 2.75) is 20.3 Å². The summed E-state index contributed by atoms with van der Waals surface area (Å²) in [7, 11) is 1.50. The topological polar surface area (TPSA) is 131 Å². The van der Waals surface area contributed by atoms with Crippen LogP contribution in [0.3, 0.4) is 0 Å². The summed E-state index contributed by atoms with van der Waals surface area (Å²) in [6.07, 6.45) is 1.16. The second-order valence-corrected chi connectivity index (χ2v) is 8.52. The smallest absolute Gasteiger partial charge is 0.309 e. The van der Waals surface area contributed by atoms with Crippen LogP contribution in [0, 0.1) is 25.2 Å². The maximum Gasteiger partial charge on any atom is 0.309 e. The van der Waals surface area contributed by atoms with Gasteiger partial charge in [-0.1, -0.05) is 24.3 Å². The molecule has 186 valence electrons. The zero-order valence-electron chi connectivity index (χ0n) is 20.0. The third kappa shape index (κ3) is 7.07. The van der Waals surface area contributed by atoms with Gasteiger partial charge >= 0.3 is 5.97 Å². The van der Waals surface area contributed by atoms with Crippen LogP contribution in [0.25, 0.3) is 6.08 Å². The van der Waals surface area contributed by atoms with E-state index in [0.717, 1.165) is 28.2 Å². The predicted molar refractivity (Wildman–Crippen MR) is 136 cm³/mol. The molecule has 1 amide bonds. The molecule has 2 N–H and O–H groups in total. The van der Waals surface area contributed by atoms with Crippen LogP contribution in [0.1, 0.15) is 22.4 Å². The molecule has 0 saturated carbocycles. The molecule has 0 aliphatic rings. The first kappa shape index (κ1) is 26.2. The van der Waals surface area contributed by atoms with Crippen molar-refractivity contribution < 1.29 is 28.9 Å². The van der Waals surface area contributed by atoms with Gasteiger partial charge in [-0.25, -0.2) is 4.98 Å². The summed E-state index contributed by atoms with van der Waals surface area (Å²) in [4.78, 5) is 27.3. The number of carboxylic acids is 1. The minimum Gasteiger partial charge on any atom is -0.493 e. The van der Waals surface area contributed by atoms with Gasteiger partial charge in [0.25, 0.3) is 5.91 Å². The monoisotopic (exact) mass is 507 g/mol. The minimum atomic E-state index is -1.02. The van der Waals surface area contributed by atoms with Crippen LogP contribution in [-0.2, 0) is 16.0 Å². The van der Waals surface area contributed by atoms with Gasteiger partial charge in [0.15, 0.2) is 16.6 Å². The van der Waals surface area contributed by atoms with Crippen LogP contribution in [0.5, 0.6) is 17.2 Å². The molecular weight excluding hydrogens is 482 g/mol. The first-order valence-corrected chi connectivity index (χ1v) is 11.8. The van der Waals surface area contributed by atoms with Gasteiger partial charge in [-0.05, 0) is 48.7 Å². The molecule has 9 nitrogen and oxygen atoms in total. The third-order valence-electron chi connectivity index (χ3n) is 4.96. The molecule has 0 spiro atoms. The fraction of sp³-hybridized carbons (Fsp3) is 0.231. The zero-order valence-corrected chi connectivity index (χ0v) is 20.8. The number of nitrogens with zero attached hydrogens (tertiary/aromatic N) is 2. The van der Waals surface area contributed by atoms with Crippen molar-refractivity contribution >= 4 is 34.4 Å². The highest BCUT2D eigenvalue weighted by atomic mass is 32.1. The molecule has 1 aromatic heterocycles. The summed E-state index contributed by atoms with van der Waals surface area (Å²) in [6, 6.07) is 12.9. The molecule has 0 radical (unpaired) electrons. The molecule has 0 aliphatic carbocycles. The number of rotatable bonds is 11. The number of para-hydroxylation sites is 1. The summed E-state index contributed by atoms with van der Waals surface area (Å²) in [5, 5.41) is 22.6. The second-order valence-electron chi connectivity index (χ2n) is 7.67. The summed E-state index contributed by atoms with van der Waals surface area (Å²) >= 11 is 1.08. The number of carbonyl (C=O) groups excluding carboxylic acids is 1. The number of hydrogen-bond acceptors (Lipinski definition) is 8. The molecule has 0 atom stereocenters. The highest BCUT2D eigenvalue weighted by Gasteiger charge is 2.14. The Bertz CT molecular complexity index is 1310. The SMILES string of the molecule is COc1cc(/C=C(\C#N)C(=O)Nc2nc(CC(=O)O)cs2)ccc1OCCOc1c(C)cccc1C. The van der Waals surface area contributed by atoms with Crippen LogP contribution in [0.15, 0.2) is 47.4 Å². The van der Waals surface area contributed by atoms with Crippen molar-refractivity contribution in [2.24, 2.45) is 0 Å². The average molecular weight is 508 g/mol. The summed E-state index contributed by atoms with van der Waals surface area (Å²) in [6.45, 7) is 4.62. The van der Waals surface area contributed by atoms with Crippen LogP contribution in [-0.4, -0.2) is 42.3 Å². The van der Waals surface area contributed by atoms with Gasteiger partial charge < -0.3 is 19.3 Å². The van der Waals surface area contributed by atoms with E-state index in [1.54, 1.807) is 18.2 Å². The molecular formula is C26H25N3O6S. The number of aromatic nitrogens is 1. The van der Waals surface area contributed by atoms with Gasteiger partial charge in [0.1, 0.15) is 30.6 Å². The van der Waals surface area contributed by atoms with Gasteiger partial charge in [-0.15, -0.1) is 11.3 Å². The Morgan fingerprint density at radius 3 is 2.53 bits per heavy atom. The molecule has 2 aromatic carbocycles. The number of amides is 1. The molecule has 3 rings (SSSR count). The van der Waals surface area contributed by atoms with Crippen molar-refractivity contribution in [1.29, 1.82) is 5.26 Å². The van der Waals surface area contributed by atoms with E-state index in [4.69, 9.17) is 19.3 Å². The Hall–Kier alpha value is -4.36. The molecule has 0 saturated heterocycles. The normalized spacial score (nSPS) is 10.9. The number of ether oxygens (including phenoxy) is 3. The highest BCUT2D eigenvalue weighted by molar-refractivity contribution is 7.14. The zero-order chi connectivity index (χ0) is 26.1. The van der Waals surface area contributed by atoms with Crippen molar-refractivity contribution in [3.8, 4) is 23.3 Å². The summed E-state index contributed by atoms with van der Waals surface area (Å²) in [5.74, 6) is 0.0951. The van der Waals surface area contributed by atoms with E-state index in [1.807, 2.05) is 38.1 Å². The van der Waals surface area contributed by atoms with Gasteiger partial charge in [0, 0.05) is 5.38 Å². The highest BCUT2D eigenvalue weighted by Crippen LogP contribution is 2.29. The fourth-order valence-electron chi connectivity index (χ4n) is 3.30. The maximum atomic E-state index is 12.5. The lowest BCUT2D eigenvalue weighted by atomic mass is 10.1. The van der Waals surface area contributed by atoms with E-state index >= 15 is 0 Å². The lowest BCUT2D eigenvalue weighted by Crippen LogP contribution is -2.13. The molecule has 0 bridgehead atoms. The van der Waals surface area contributed by atoms with Gasteiger partial charge in [0.2, 0.25) is 0 Å². The van der Waals surface area contributed by atoms with Crippen molar-refractivity contribution in [1.82, 2.24) is 4.98 Å². The number of aliphatic carboxylic acids is 1. The number of nitrogens with one attached hydrogen (secondary N) is 1. The van der Waals surface area contributed by atoms with Crippen LogP contribution in [0.2, 0.25) is 0 Å². The summed E-state index contributed by atoms with van der Waals surface area (Å²) in [5.41, 5.74) is 2.84. The first-order chi connectivity index (χ1) is 17.3. The van der Waals surface area contributed by atoms with Gasteiger partial charge in [-0.2, -0.15) is 5.26 Å². The Morgan fingerprint density at radius 2 is 1.86 bits per heavy atom. The third-order valence-corrected chi connectivity index (χ3v) is 5.77. The molecule has 1 heterocycles. The number of thiazole rings is 1. The van der Waals surface area contributed by atoms with Crippen LogP contribution < -0.4 is 19.5 Å². The Balaban J connectivity index is 1.63. The maximum absolute atomic E-state index is 12.5. The number of hydrogen-bond donors (Lipinski definition) is 2. The summed E-state index contributed by atoms with van der Waals surface area (Å²) < 4.78 is 17.1. The van der Waals surface area contributed by atoms with Crippen LogP contribution >= 0.6 is 11.3 Å². The number of carboxylic acid groups (broad SMARTS) is 1. The molecule has 3 aromatic rings. The lowest BCUT2D eigenvalue weighted by Gasteiger charge is -2.14. The van der Waals surface area contributed by atoms with Crippen molar-refractivity contribution in [3.05, 3.63) is 69.7 Å². The minimum absolute atomic E-state index is 0.150. The molecule has 0 aliphatic heterocycles. The number of anilines is 1. The largest absolute Gasteiger partial charge is 0.493 e. The molecule has 36 heavy (non-hydrogen) atoms. The Labute approximate surface area is 212 Å². The van der Waals surface area contributed by atoms with E-state index < -0.39 is 11.9 Å². The number of aryl methyl sites for hydroxylation is 2. The quantitative estimate of drug-likeness (QED) is 0.222. The van der Waals surface area contributed by atoms with E-state index in [1.165, 1.54) is 18.6 Å². The first-order valence-electron chi connectivity index (χ1n) is 10.9. The Kier molecular flexibility index (Phi) is 9.02. The number of nitriles is 1. The predicted octanol–water partition coefficient (Wildman–Crippen LogP) is 4.40. The number of methoxy groups -OCH3 is 1. The van der Waals surface area contributed by atoms with E-state index in [0.29, 0.717) is 36.0 Å². The lowest BCUT2D eigenvalue weighted by molar-refractivity contribution is -0.136. The Morgan fingerprint density at radius 1 is 1.14 bits per heavy atom. The van der Waals surface area contributed by atoms with E-state index in [-0.39, 0.29) is 17.1 Å². The van der Waals surface area contributed by atoms with Gasteiger partial charge in [-0.3, -0.25) is 14.9 Å². The van der Waals surface area contributed by atoms with Gasteiger partial charge in [0.05, 0.1) is 19.2 Å². The van der Waals surface area contributed by atoms with E-state index in [2.05, 4.69) is 10.3 Å². The molecule has 0 fully saturated rings. The van der Waals surface area contributed by atoms with Crippen molar-refractivity contribution in [3.63, 3.8) is 0 Å². The standard InChI is InChI=1S/C26H25N3O6S/c1-16-5-4-6-17(2)24(16)35-10-9-34-21-8-7-18(12-22(21)33-3)11-19(14-27)25(32)29-26-28-20(15-36-26)13-23(30)31/h4-8,11-12,15H,9-10,13H2,1-3H3,(H,30,31)(H,28,29,32)/b19-11+.